The quantitative estimate of drug-likeness (QED) is 0.489. The van der Waals surface area contributed by atoms with Crippen molar-refractivity contribution in [3.05, 3.63) is 70.7 Å². The van der Waals surface area contributed by atoms with Crippen LogP contribution < -0.4 is 5.32 Å². The summed E-state index contributed by atoms with van der Waals surface area (Å²) < 4.78 is 54.0. The molecule has 3 aromatic rings. The van der Waals surface area contributed by atoms with Crippen LogP contribution in [0.2, 0.25) is 0 Å². The van der Waals surface area contributed by atoms with Crippen LogP contribution in [-0.2, 0) is 35.0 Å². The number of carbonyl (C=O) groups excluding carboxylic acids is 1. The van der Waals surface area contributed by atoms with E-state index in [9.17, 15) is 32.3 Å². The minimum atomic E-state index is -4.43. The first-order valence-corrected chi connectivity index (χ1v) is 11.1. The highest BCUT2D eigenvalue weighted by atomic mass is 19.4. The average molecular weight is 476 g/mol. The average Bonchev–Trinajstić information content (AvgIpc) is 3.07. The number of aliphatic carboxylic acids is 1. The van der Waals surface area contributed by atoms with Gasteiger partial charge in [0, 0.05) is 22.6 Å². The van der Waals surface area contributed by atoms with Crippen LogP contribution in [0.25, 0.3) is 10.9 Å². The lowest BCUT2D eigenvalue weighted by molar-refractivity contribution is -0.141. The normalized spacial score (nSPS) is 16.8. The molecule has 0 aliphatic heterocycles. The first-order chi connectivity index (χ1) is 16.1. The van der Waals surface area contributed by atoms with E-state index in [4.69, 9.17) is 0 Å². The lowest BCUT2D eigenvalue weighted by Crippen LogP contribution is -2.40. The van der Waals surface area contributed by atoms with E-state index in [2.05, 4.69) is 5.32 Å². The number of aromatic nitrogens is 1. The van der Waals surface area contributed by atoms with Crippen LogP contribution >= 0.6 is 0 Å². The molecule has 1 aliphatic rings. The van der Waals surface area contributed by atoms with E-state index in [-0.39, 0.29) is 18.4 Å². The van der Waals surface area contributed by atoms with Gasteiger partial charge in [-0.15, -0.1) is 0 Å². The van der Waals surface area contributed by atoms with Crippen molar-refractivity contribution in [1.29, 1.82) is 0 Å². The number of rotatable bonds is 6. The molecule has 2 atom stereocenters. The summed E-state index contributed by atoms with van der Waals surface area (Å²) in [5.41, 5.74) is 2.00. The van der Waals surface area contributed by atoms with E-state index in [0.717, 1.165) is 23.4 Å². The van der Waals surface area contributed by atoms with E-state index in [0.29, 0.717) is 42.1 Å². The van der Waals surface area contributed by atoms with Crippen molar-refractivity contribution in [2.24, 2.45) is 0 Å². The SMILES string of the molecule is CCC(C(=O)O)n1c2c(c3cc(F)ccc31)CC(NC(=O)Cc1ccc(C(F)(F)F)cc1)CC2. The minimum Gasteiger partial charge on any atom is -0.480 e. The maximum Gasteiger partial charge on any atom is 0.416 e. The monoisotopic (exact) mass is 476 g/mol. The fourth-order valence-corrected chi connectivity index (χ4v) is 4.79. The number of carboxylic acids is 1. The predicted octanol–water partition coefficient (Wildman–Crippen LogP) is 5.05. The second kappa shape index (κ2) is 9.12. The number of carboxylic acid groups (broad SMARTS) is 1. The number of amides is 1. The van der Waals surface area contributed by atoms with Gasteiger partial charge in [-0.1, -0.05) is 19.1 Å². The third-order valence-corrected chi connectivity index (χ3v) is 6.36. The second-order valence-corrected chi connectivity index (χ2v) is 8.60. The molecular weight excluding hydrogens is 452 g/mol. The number of fused-ring (bicyclic) bond motifs is 3. The van der Waals surface area contributed by atoms with Crippen molar-refractivity contribution >= 4 is 22.8 Å². The summed E-state index contributed by atoms with van der Waals surface area (Å²) in [7, 11) is 0. The number of hydrogen-bond donors (Lipinski definition) is 2. The second-order valence-electron chi connectivity index (χ2n) is 8.60. The van der Waals surface area contributed by atoms with Crippen LogP contribution in [0.3, 0.4) is 0 Å². The van der Waals surface area contributed by atoms with E-state index >= 15 is 0 Å². The molecule has 180 valence electrons. The van der Waals surface area contributed by atoms with E-state index in [1.165, 1.54) is 24.3 Å². The molecule has 1 aromatic heterocycles. The molecule has 1 aliphatic carbocycles. The Balaban J connectivity index is 1.54. The van der Waals surface area contributed by atoms with Crippen LogP contribution in [0.4, 0.5) is 17.6 Å². The highest BCUT2D eigenvalue weighted by Crippen LogP contribution is 2.36. The molecule has 1 amide bonds. The van der Waals surface area contributed by atoms with Gasteiger partial charge in [0.1, 0.15) is 11.9 Å². The fourth-order valence-electron chi connectivity index (χ4n) is 4.79. The smallest absolute Gasteiger partial charge is 0.416 e. The Kier molecular flexibility index (Phi) is 6.38. The number of hydrogen-bond acceptors (Lipinski definition) is 2. The predicted molar refractivity (Wildman–Crippen MR) is 118 cm³/mol. The third-order valence-electron chi connectivity index (χ3n) is 6.36. The summed E-state index contributed by atoms with van der Waals surface area (Å²) in [6.07, 6.45) is -2.62. The number of nitrogens with one attached hydrogen (secondary N) is 1. The lowest BCUT2D eigenvalue weighted by atomic mass is 9.91. The summed E-state index contributed by atoms with van der Waals surface area (Å²) in [4.78, 5) is 24.4. The number of benzene rings is 2. The van der Waals surface area contributed by atoms with Crippen molar-refractivity contribution in [2.45, 2.75) is 57.3 Å². The van der Waals surface area contributed by atoms with E-state index in [1.807, 2.05) is 0 Å². The maximum absolute atomic E-state index is 14.0. The van der Waals surface area contributed by atoms with Crippen molar-refractivity contribution in [3.8, 4) is 0 Å². The van der Waals surface area contributed by atoms with E-state index in [1.54, 1.807) is 17.6 Å². The molecule has 2 N–H and O–H groups in total. The van der Waals surface area contributed by atoms with Crippen LogP contribution in [0, 0.1) is 5.82 Å². The molecule has 4 rings (SSSR count). The Morgan fingerprint density at radius 1 is 1.18 bits per heavy atom. The summed E-state index contributed by atoms with van der Waals surface area (Å²) >= 11 is 0. The van der Waals surface area contributed by atoms with Gasteiger partial charge in [0.25, 0.3) is 0 Å². The first kappa shape index (κ1) is 23.8. The van der Waals surface area contributed by atoms with Crippen molar-refractivity contribution in [2.75, 3.05) is 0 Å². The standard InChI is InChI=1S/C25H24F4N2O3/c1-2-20(24(33)34)31-21-9-7-16(26)12-18(21)19-13-17(8-10-22(19)31)30-23(32)11-14-3-5-15(6-4-14)25(27,28)29/h3-7,9,12,17,20H,2,8,10-11,13H2,1H3,(H,30,32)(H,33,34). The van der Waals surface area contributed by atoms with Crippen molar-refractivity contribution < 1.29 is 32.3 Å². The molecule has 34 heavy (non-hydrogen) atoms. The molecule has 9 heteroatoms. The van der Waals surface area contributed by atoms with Gasteiger partial charge >= 0.3 is 12.1 Å². The van der Waals surface area contributed by atoms with E-state index < -0.39 is 29.6 Å². The van der Waals surface area contributed by atoms with Crippen molar-refractivity contribution in [1.82, 2.24) is 9.88 Å². The van der Waals surface area contributed by atoms with Gasteiger partial charge < -0.3 is 15.0 Å². The fraction of sp³-hybridized carbons (Fsp3) is 0.360. The summed E-state index contributed by atoms with van der Waals surface area (Å²) in [5.74, 6) is -1.71. The molecule has 0 saturated heterocycles. The number of halogens is 4. The molecule has 0 fully saturated rings. The van der Waals surface area contributed by atoms with Gasteiger partial charge in [0.05, 0.1) is 12.0 Å². The topological polar surface area (TPSA) is 71.3 Å². The summed E-state index contributed by atoms with van der Waals surface area (Å²) in [6, 6.07) is 7.74. The maximum atomic E-state index is 14.0. The lowest BCUT2D eigenvalue weighted by Gasteiger charge is -2.26. The Morgan fingerprint density at radius 2 is 1.88 bits per heavy atom. The summed E-state index contributed by atoms with van der Waals surface area (Å²) in [6.45, 7) is 1.79. The largest absolute Gasteiger partial charge is 0.480 e. The molecule has 5 nitrogen and oxygen atoms in total. The molecule has 2 unspecified atom stereocenters. The Hall–Kier alpha value is -3.36. The molecule has 0 saturated carbocycles. The number of carbonyl (C=O) groups is 2. The zero-order valence-corrected chi connectivity index (χ0v) is 18.5. The zero-order chi connectivity index (χ0) is 24.6. The Bertz CT molecular complexity index is 1230. The molecule has 1 heterocycles. The minimum absolute atomic E-state index is 0.0607. The van der Waals surface area contributed by atoms with Crippen LogP contribution in [0.1, 0.15) is 48.2 Å². The molecule has 0 bridgehead atoms. The molecule has 2 aromatic carbocycles. The van der Waals surface area contributed by atoms with Gasteiger partial charge in [0.2, 0.25) is 5.91 Å². The van der Waals surface area contributed by atoms with Crippen LogP contribution in [0.5, 0.6) is 0 Å². The van der Waals surface area contributed by atoms with Crippen LogP contribution in [-0.4, -0.2) is 27.6 Å². The van der Waals surface area contributed by atoms with Gasteiger partial charge in [-0.2, -0.15) is 13.2 Å². The van der Waals surface area contributed by atoms with Gasteiger partial charge in [-0.3, -0.25) is 4.79 Å². The molecule has 0 spiro atoms. The Labute approximate surface area is 193 Å². The number of alkyl halides is 3. The first-order valence-electron chi connectivity index (χ1n) is 11.1. The highest BCUT2D eigenvalue weighted by molar-refractivity contribution is 5.88. The van der Waals surface area contributed by atoms with Crippen molar-refractivity contribution in [3.63, 3.8) is 0 Å². The molecular formula is C25H24F4N2O3. The Morgan fingerprint density at radius 3 is 2.50 bits per heavy atom. The van der Waals surface area contributed by atoms with Gasteiger partial charge in [-0.05, 0) is 67.1 Å². The van der Waals surface area contributed by atoms with Crippen LogP contribution in [0.15, 0.2) is 42.5 Å². The van der Waals surface area contributed by atoms with Gasteiger partial charge in [0.15, 0.2) is 0 Å². The zero-order valence-electron chi connectivity index (χ0n) is 18.5. The number of nitrogens with zero attached hydrogens (tertiary/aromatic N) is 1. The summed E-state index contributed by atoms with van der Waals surface area (Å²) in [5, 5.41) is 13.3. The molecule has 0 radical (unpaired) electrons. The third kappa shape index (κ3) is 4.64. The van der Waals surface area contributed by atoms with Gasteiger partial charge in [-0.25, -0.2) is 9.18 Å². The highest BCUT2D eigenvalue weighted by Gasteiger charge is 2.32.